The van der Waals surface area contributed by atoms with Gasteiger partial charge in [0.15, 0.2) is 5.82 Å². The minimum absolute atomic E-state index is 0.0241. The zero-order chi connectivity index (χ0) is 19.0. The molecule has 27 heavy (non-hydrogen) atoms. The topological polar surface area (TPSA) is 70.1 Å². The van der Waals surface area contributed by atoms with Gasteiger partial charge in [-0.05, 0) is 36.8 Å². The van der Waals surface area contributed by atoms with Crippen LogP contribution in [0.3, 0.4) is 0 Å². The molecule has 9 heteroatoms. The monoisotopic (exact) mass is 383 g/mol. The van der Waals surface area contributed by atoms with Crippen molar-refractivity contribution >= 4 is 40.1 Å². The van der Waals surface area contributed by atoms with Crippen LogP contribution in [0.25, 0.3) is 11.0 Å². The summed E-state index contributed by atoms with van der Waals surface area (Å²) in [5, 5.41) is 6.82. The molecule has 1 aromatic carbocycles. The average Bonchev–Trinajstić information content (AvgIpc) is 2.67. The maximum absolute atomic E-state index is 13.4. The van der Waals surface area contributed by atoms with Gasteiger partial charge in [-0.3, -0.25) is 5.01 Å². The van der Waals surface area contributed by atoms with Gasteiger partial charge in [-0.2, -0.15) is 0 Å². The van der Waals surface area contributed by atoms with Crippen LogP contribution in [0.5, 0.6) is 0 Å². The van der Waals surface area contributed by atoms with Crippen LogP contribution in [0.1, 0.15) is 6.92 Å². The van der Waals surface area contributed by atoms with Gasteiger partial charge in [-0.1, -0.05) is 11.6 Å². The van der Waals surface area contributed by atoms with E-state index in [1.54, 1.807) is 12.3 Å². The predicted molar refractivity (Wildman–Crippen MR) is 103 cm³/mol. The molecular weight excluding hydrogens is 369 g/mol. The Labute approximate surface area is 159 Å². The number of aromatic nitrogens is 4. The molecule has 0 aliphatic carbocycles. The van der Waals surface area contributed by atoms with Crippen LogP contribution in [-0.2, 0) is 0 Å². The molecule has 2 aromatic heterocycles. The maximum Gasteiger partial charge on any atom is 0.249 e. The van der Waals surface area contributed by atoms with Gasteiger partial charge >= 0.3 is 0 Å². The van der Waals surface area contributed by atoms with Gasteiger partial charge in [0.05, 0.1) is 11.2 Å². The molecule has 0 unspecified atom stereocenters. The highest BCUT2D eigenvalue weighted by Gasteiger charge is 2.16. The highest BCUT2D eigenvalue weighted by molar-refractivity contribution is 6.31. The molecular formula is C18H15ClFN7. The number of nitrogens with one attached hydrogen (secondary N) is 1. The molecule has 0 radical (unpaired) electrons. The first-order valence-corrected chi connectivity index (χ1v) is 8.47. The number of hydrazine groups is 1. The molecule has 1 aliphatic heterocycles. The fourth-order valence-corrected chi connectivity index (χ4v) is 2.76. The zero-order valence-electron chi connectivity index (χ0n) is 14.6. The normalized spacial score (nSPS) is 13.9. The van der Waals surface area contributed by atoms with E-state index in [0.717, 1.165) is 5.57 Å². The Morgan fingerprint density at radius 3 is 2.85 bits per heavy atom. The summed E-state index contributed by atoms with van der Waals surface area (Å²) in [6.07, 6.45) is 8.89. The molecule has 1 aliphatic rings. The van der Waals surface area contributed by atoms with Crippen LogP contribution in [0.2, 0.25) is 5.02 Å². The largest absolute Gasteiger partial charge is 0.338 e. The van der Waals surface area contributed by atoms with Crippen LogP contribution in [0, 0.1) is 5.82 Å². The molecule has 0 atom stereocenters. The molecule has 1 N–H and O–H groups in total. The van der Waals surface area contributed by atoms with Gasteiger partial charge < -0.3 is 5.32 Å². The number of anilines is 3. The Hall–Kier alpha value is -3.26. The van der Waals surface area contributed by atoms with E-state index in [9.17, 15) is 4.39 Å². The SMILES string of the molecule is CC1=CN(c2ncc3ncnc(Nc4ccc(F)c(Cl)c4)c3n2)N(C)C=C1. The van der Waals surface area contributed by atoms with Crippen molar-refractivity contribution in [3.05, 3.63) is 65.6 Å². The van der Waals surface area contributed by atoms with Crippen molar-refractivity contribution in [1.82, 2.24) is 24.9 Å². The molecule has 7 nitrogen and oxygen atoms in total. The summed E-state index contributed by atoms with van der Waals surface area (Å²) >= 11 is 5.86. The molecule has 0 spiro atoms. The number of halogens is 2. The fourth-order valence-electron chi connectivity index (χ4n) is 2.58. The lowest BCUT2D eigenvalue weighted by Gasteiger charge is -2.30. The van der Waals surface area contributed by atoms with Crippen LogP contribution < -0.4 is 10.3 Å². The van der Waals surface area contributed by atoms with Gasteiger partial charge in [0.2, 0.25) is 5.95 Å². The van der Waals surface area contributed by atoms with Crippen LogP contribution in [0.15, 0.2) is 54.8 Å². The summed E-state index contributed by atoms with van der Waals surface area (Å²) in [6, 6.07) is 4.35. The Kier molecular flexibility index (Phi) is 4.33. The molecule has 3 heterocycles. The molecule has 4 rings (SSSR count). The summed E-state index contributed by atoms with van der Waals surface area (Å²) in [5.41, 5.74) is 2.79. The van der Waals surface area contributed by atoms with Crippen LogP contribution >= 0.6 is 11.6 Å². The van der Waals surface area contributed by atoms with Gasteiger partial charge in [0.1, 0.15) is 23.2 Å². The zero-order valence-corrected chi connectivity index (χ0v) is 15.3. The second kappa shape index (κ2) is 6.81. The highest BCUT2D eigenvalue weighted by Crippen LogP contribution is 2.26. The number of hydrogen-bond donors (Lipinski definition) is 1. The van der Waals surface area contributed by atoms with E-state index < -0.39 is 5.82 Å². The molecule has 0 bridgehead atoms. The summed E-state index contributed by atoms with van der Waals surface area (Å²) < 4.78 is 13.4. The molecule has 0 saturated carbocycles. The lowest BCUT2D eigenvalue weighted by molar-refractivity contribution is 0.446. The molecule has 3 aromatic rings. The third-order valence-electron chi connectivity index (χ3n) is 3.97. The Balaban J connectivity index is 1.75. The minimum Gasteiger partial charge on any atom is -0.338 e. The van der Waals surface area contributed by atoms with Crippen molar-refractivity contribution in [2.45, 2.75) is 6.92 Å². The van der Waals surface area contributed by atoms with Gasteiger partial charge in [-0.25, -0.2) is 29.3 Å². The number of benzene rings is 1. The maximum atomic E-state index is 13.4. The summed E-state index contributed by atoms with van der Waals surface area (Å²) in [5.74, 6) is 0.466. The van der Waals surface area contributed by atoms with Crippen molar-refractivity contribution in [3.8, 4) is 0 Å². The molecule has 136 valence electrons. The van der Waals surface area contributed by atoms with E-state index in [-0.39, 0.29) is 5.02 Å². The third-order valence-corrected chi connectivity index (χ3v) is 4.26. The number of fused-ring (bicyclic) bond motifs is 1. The lowest BCUT2D eigenvalue weighted by Crippen LogP contribution is -2.34. The van der Waals surface area contributed by atoms with Gasteiger partial charge in [0.25, 0.3) is 0 Å². The highest BCUT2D eigenvalue weighted by atomic mass is 35.5. The minimum atomic E-state index is -0.484. The lowest BCUT2D eigenvalue weighted by atomic mass is 10.3. The predicted octanol–water partition coefficient (Wildman–Crippen LogP) is 4.04. The fraction of sp³-hybridized carbons (Fsp3) is 0.111. The molecule has 0 saturated heterocycles. The smallest absolute Gasteiger partial charge is 0.249 e. The summed E-state index contributed by atoms with van der Waals surface area (Å²) in [6.45, 7) is 1.99. The van der Waals surface area contributed by atoms with Gasteiger partial charge in [0, 0.05) is 25.1 Å². The number of nitrogens with zero attached hydrogens (tertiary/aromatic N) is 6. The first kappa shape index (κ1) is 17.2. The first-order chi connectivity index (χ1) is 13.0. The molecule has 0 fully saturated rings. The Bertz CT molecular complexity index is 1080. The number of hydrogen-bond acceptors (Lipinski definition) is 7. The quantitative estimate of drug-likeness (QED) is 0.731. The summed E-state index contributed by atoms with van der Waals surface area (Å²) in [7, 11) is 1.90. The second-order valence-corrected chi connectivity index (χ2v) is 6.39. The second-order valence-electron chi connectivity index (χ2n) is 5.99. The average molecular weight is 384 g/mol. The standard InChI is InChI=1S/C18H15ClFN7/c1-11-5-6-26(2)27(9-11)18-21-8-15-16(25-18)17(23-10-22-15)24-12-3-4-14(20)13(19)7-12/h3-10H,1-2H3,(H,22,23,24). The van der Waals surface area contributed by atoms with E-state index in [2.05, 4.69) is 25.3 Å². The van der Waals surface area contributed by atoms with Crippen molar-refractivity contribution in [2.24, 2.45) is 0 Å². The third kappa shape index (κ3) is 3.39. The van der Waals surface area contributed by atoms with Crippen molar-refractivity contribution in [3.63, 3.8) is 0 Å². The van der Waals surface area contributed by atoms with Crippen molar-refractivity contribution < 1.29 is 4.39 Å². The van der Waals surface area contributed by atoms with E-state index >= 15 is 0 Å². The number of rotatable bonds is 3. The van der Waals surface area contributed by atoms with E-state index in [0.29, 0.717) is 28.5 Å². The van der Waals surface area contributed by atoms with Crippen molar-refractivity contribution in [1.29, 1.82) is 0 Å². The Morgan fingerprint density at radius 1 is 1.19 bits per heavy atom. The van der Waals surface area contributed by atoms with E-state index in [1.807, 2.05) is 42.5 Å². The molecule has 0 amide bonds. The van der Waals surface area contributed by atoms with Crippen LogP contribution in [-0.4, -0.2) is 32.0 Å². The van der Waals surface area contributed by atoms with Crippen LogP contribution in [0.4, 0.5) is 21.8 Å². The first-order valence-electron chi connectivity index (χ1n) is 8.10. The Morgan fingerprint density at radius 2 is 2.04 bits per heavy atom. The van der Waals surface area contributed by atoms with Gasteiger partial charge in [-0.15, -0.1) is 0 Å². The summed E-state index contributed by atoms with van der Waals surface area (Å²) in [4.78, 5) is 17.5. The van der Waals surface area contributed by atoms with E-state index in [4.69, 9.17) is 11.6 Å². The van der Waals surface area contributed by atoms with E-state index in [1.165, 1.54) is 18.5 Å². The number of allylic oxidation sites excluding steroid dienone is 2. The van der Waals surface area contributed by atoms with Crippen molar-refractivity contribution in [2.75, 3.05) is 17.4 Å².